The fourth-order valence-electron chi connectivity index (χ4n) is 3.02. The number of hydrogen-bond donors (Lipinski definition) is 1. The Labute approximate surface area is 149 Å². The fraction of sp³-hybridized carbons (Fsp3) is 0.316. The van der Waals surface area contributed by atoms with E-state index in [1.54, 1.807) is 6.07 Å². The first-order valence-corrected chi connectivity index (χ1v) is 9.37. The second kappa shape index (κ2) is 6.80. The molecule has 2 heterocycles. The molecule has 128 valence electrons. The Morgan fingerprint density at radius 2 is 2.08 bits per heavy atom. The van der Waals surface area contributed by atoms with Crippen LogP contribution in [0, 0.1) is 5.92 Å². The van der Waals surface area contributed by atoms with E-state index in [0.29, 0.717) is 22.0 Å². The summed E-state index contributed by atoms with van der Waals surface area (Å²) >= 11 is 1.44. The molecule has 0 unspecified atom stereocenters. The van der Waals surface area contributed by atoms with Crippen LogP contribution >= 0.6 is 11.3 Å². The van der Waals surface area contributed by atoms with Crippen LogP contribution in [0.25, 0.3) is 22.2 Å². The molecule has 1 saturated carbocycles. The van der Waals surface area contributed by atoms with Crippen molar-refractivity contribution in [1.29, 1.82) is 0 Å². The van der Waals surface area contributed by atoms with Crippen molar-refractivity contribution < 1.29 is 4.42 Å². The van der Waals surface area contributed by atoms with Crippen LogP contribution in [0.1, 0.15) is 32.6 Å². The number of rotatable bonds is 3. The molecule has 0 atom stereocenters. The molecule has 1 aliphatic carbocycles. The maximum absolute atomic E-state index is 12.2. The lowest BCUT2D eigenvalue weighted by atomic mass is 9.90. The number of aromatic nitrogens is 1. The third-order valence-electron chi connectivity index (χ3n) is 4.58. The zero-order chi connectivity index (χ0) is 17.2. The highest BCUT2D eigenvalue weighted by molar-refractivity contribution is 7.14. The molecule has 0 aliphatic heterocycles. The normalized spacial score (nSPS) is 17.6. The predicted molar refractivity (Wildman–Crippen MR) is 102 cm³/mol. The van der Waals surface area contributed by atoms with Crippen LogP contribution in [0.15, 0.2) is 50.0 Å². The quantitative estimate of drug-likeness (QED) is 0.537. The molecule has 0 amide bonds. The number of hydrazone groups is 1. The molecule has 5 nitrogen and oxygen atoms in total. The molecule has 1 N–H and O–H groups in total. The predicted octanol–water partition coefficient (Wildman–Crippen LogP) is 4.89. The number of benzene rings is 1. The summed E-state index contributed by atoms with van der Waals surface area (Å²) in [5, 5.41) is 7.91. The highest BCUT2D eigenvalue weighted by Gasteiger charge is 2.14. The first-order valence-electron chi connectivity index (χ1n) is 8.49. The standard InChI is InChI=1S/C19H19N3O2S/c1-12-6-8-14(9-7-12)21-22-19-20-16(11-25-19)15-10-13-4-2-3-5-17(13)24-18(15)23/h2-5,10-12H,6-9H2,1H3,(H,20,22). The van der Waals surface area contributed by atoms with Crippen molar-refractivity contribution in [3.63, 3.8) is 0 Å². The van der Waals surface area contributed by atoms with Gasteiger partial charge in [0.05, 0.1) is 11.3 Å². The Bertz CT molecular complexity index is 979. The molecule has 0 spiro atoms. The molecule has 2 aromatic heterocycles. The number of nitrogens with one attached hydrogen (secondary N) is 1. The topological polar surface area (TPSA) is 67.5 Å². The summed E-state index contributed by atoms with van der Waals surface area (Å²) in [6, 6.07) is 9.30. The monoisotopic (exact) mass is 353 g/mol. The largest absolute Gasteiger partial charge is 0.422 e. The van der Waals surface area contributed by atoms with Gasteiger partial charge in [0.1, 0.15) is 5.58 Å². The highest BCUT2D eigenvalue weighted by Crippen LogP contribution is 2.26. The van der Waals surface area contributed by atoms with E-state index in [1.807, 2.05) is 29.6 Å². The van der Waals surface area contributed by atoms with Crippen LogP contribution in [0.3, 0.4) is 0 Å². The third-order valence-corrected chi connectivity index (χ3v) is 5.33. The molecule has 0 radical (unpaired) electrons. The van der Waals surface area contributed by atoms with Crippen LogP contribution in [0.4, 0.5) is 5.13 Å². The van der Waals surface area contributed by atoms with Crippen molar-refractivity contribution in [2.75, 3.05) is 5.43 Å². The smallest absolute Gasteiger partial charge is 0.345 e. The van der Waals surface area contributed by atoms with Crippen LogP contribution in [0.5, 0.6) is 0 Å². The van der Waals surface area contributed by atoms with Crippen LogP contribution < -0.4 is 11.1 Å². The van der Waals surface area contributed by atoms with Gasteiger partial charge in [-0.15, -0.1) is 11.3 Å². The average Bonchev–Trinajstić information content (AvgIpc) is 3.09. The van der Waals surface area contributed by atoms with Crippen LogP contribution in [-0.2, 0) is 0 Å². The van der Waals surface area contributed by atoms with Crippen LogP contribution in [-0.4, -0.2) is 10.7 Å². The Kier molecular flexibility index (Phi) is 4.36. The molecule has 0 bridgehead atoms. The molecule has 1 aromatic carbocycles. The summed E-state index contributed by atoms with van der Waals surface area (Å²) in [5.41, 5.74) is 5.54. The summed E-state index contributed by atoms with van der Waals surface area (Å²) in [6.45, 7) is 2.28. The third kappa shape index (κ3) is 3.49. The van der Waals surface area contributed by atoms with E-state index < -0.39 is 0 Å². The number of thiazole rings is 1. The van der Waals surface area contributed by atoms with Crippen molar-refractivity contribution in [3.8, 4) is 11.3 Å². The van der Waals surface area contributed by atoms with Crippen LogP contribution in [0.2, 0.25) is 0 Å². The van der Waals surface area contributed by atoms with Crippen molar-refractivity contribution >= 4 is 33.1 Å². The molecule has 6 heteroatoms. The first kappa shape index (κ1) is 16.0. The van der Waals surface area contributed by atoms with Crippen molar-refractivity contribution in [2.45, 2.75) is 32.6 Å². The Morgan fingerprint density at radius 3 is 2.92 bits per heavy atom. The SMILES string of the molecule is CC1CCC(=NNc2nc(-c3cc4ccccc4oc3=O)cs2)CC1. The molecular weight excluding hydrogens is 334 g/mol. The second-order valence-corrected chi connectivity index (χ2v) is 7.35. The van der Waals surface area contributed by atoms with Gasteiger partial charge in [-0.1, -0.05) is 25.1 Å². The Balaban J connectivity index is 1.56. The molecule has 1 fully saturated rings. The summed E-state index contributed by atoms with van der Waals surface area (Å²) in [5.74, 6) is 0.789. The van der Waals surface area contributed by atoms with Crippen molar-refractivity contribution in [1.82, 2.24) is 4.98 Å². The lowest BCUT2D eigenvalue weighted by Gasteiger charge is -2.18. The Morgan fingerprint density at radius 1 is 1.28 bits per heavy atom. The van der Waals surface area contributed by atoms with E-state index in [4.69, 9.17) is 4.42 Å². The summed E-state index contributed by atoms with van der Waals surface area (Å²) in [4.78, 5) is 16.7. The van der Waals surface area contributed by atoms with E-state index in [0.717, 1.165) is 24.1 Å². The lowest BCUT2D eigenvalue weighted by molar-refractivity contribution is 0.483. The van der Waals surface area contributed by atoms with E-state index in [2.05, 4.69) is 22.4 Å². The number of para-hydroxylation sites is 1. The minimum absolute atomic E-state index is 0.372. The second-order valence-electron chi connectivity index (χ2n) is 6.50. The minimum Gasteiger partial charge on any atom is -0.422 e. The van der Waals surface area contributed by atoms with Gasteiger partial charge in [0.2, 0.25) is 5.13 Å². The summed E-state index contributed by atoms with van der Waals surface area (Å²) in [6.07, 6.45) is 4.48. The van der Waals surface area contributed by atoms with E-state index >= 15 is 0 Å². The molecule has 0 saturated heterocycles. The summed E-state index contributed by atoms with van der Waals surface area (Å²) < 4.78 is 5.38. The number of nitrogens with zero attached hydrogens (tertiary/aromatic N) is 2. The molecule has 25 heavy (non-hydrogen) atoms. The van der Waals surface area contributed by atoms with Gasteiger partial charge >= 0.3 is 5.63 Å². The number of hydrogen-bond acceptors (Lipinski definition) is 6. The average molecular weight is 353 g/mol. The summed E-state index contributed by atoms with van der Waals surface area (Å²) in [7, 11) is 0. The van der Waals surface area contributed by atoms with Gasteiger partial charge in [0.15, 0.2) is 0 Å². The van der Waals surface area contributed by atoms with Gasteiger partial charge in [0, 0.05) is 16.5 Å². The van der Waals surface area contributed by atoms with Gasteiger partial charge in [-0.2, -0.15) is 5.10 Å². The molecule has 4 rings (SSSR count). The Hall–Kier alpha value is -2.47. The number of anilines is 1. The van der Waals surface area contributed by atoms with Crippen molar-refractivity contribution in [2.24, 2.45) is 11.0 Å². The van der Waals surface area contributed by atoms with E-state index in [-0.39, 0.29) is 5.63 Å². The molecule has 1 aliphatic rings. The molecule has 3 aromatic rings. The van der Waals surface area contributed by atoms with E-state index in [1.165, 1.54) is 29.9 Å². The first-order chi connectivity index (χ1) is 12.2. The maximum atomic E-state index is 12.2. The molecular formula is C19H19N3O2S. The lowest BCUT2D eigenvalue weighted by Crippen LogP contribution is -2.13. The van der Waals surface area contributed by atoms with Gasteiger partial charge in [0.25, 0.3) is 0 Å². The minimum atomic E-state index is -0.372. The highest BCUT2D eigenvalue weighted by atomic mass is 32.1. The zero-order valence-electron chi connectivity index (χ0n) is 14.0. The maximum Gasteiger partial charge on any atom is 0.345 e. The van der Waals surface area contributed by atoms with Gasteiger partial charge < -0.3 is 4.42 Å². The van der Waals surface area contributed by atoms with Gasteiger partial charge in [-0.25, -0.2) is 9.78 Å². The fourth-order valence-corrected chi connectivity index (χ4v) is 3.68. The number of fused-ring (bicyclic) bond motifs is 1. The van der Waals surface area contributed by atoms with Gasteiger partial charge in [-0.3, -0.25) is 5.43 Å². The van der Waals surface area contributed by atoms with E-state index in [9.17, 15) is 4.79 Å². The van der Waals surface area contributed by atoms with Crippen molar-refractivity contribution in [3.05, 3.63) is 46.1 Å². The zero-order valence-corrected chi connectivity index (χ0v) is 14.8. The van der Waals surface area contributed by atoms with Gasteiger partial charge in [-0.05, 0) is 43.7 Å².